The molecule has 1 aliphatic rings. The first-order valence-corrected chi connectivity index (χ1v) is 6.28. The fourth-order valence-electron chi connectivity index (χ4n) is 2.22. The van der Waals surface area contributed by atoms with Crippen LogP contribution in [0.4, 0.5) is 5.69 Å². The van der Waals surface area contributed by atoms with Crippen LogP contribution >= 0.6 is 0 Å². The summed E-state index contributed by atoms with van der Waals surface area (Å²) in [5.74, 6) is 0.140. The minimum Gasteiger partial charge on any atom is -0.352 e. The van der Waals surface area contributed by atoms with Crippen molar-refractivity contribution in [3.05, 3.63) is 29.3 Å². The Kier molecular flexibility index (Phi) is 3.65. The molecule has 2 amide bonds. The highest BCUT2D eigenvalue weighted by atomic mass is 16.2. The molecule has 96 valence electrons. The predicted octanol–water partition coefficient (Wildman–Crippen LogP) is 1.62. The lowest BCUT2D eigenvalue weighted by Gasteiger charge is -2.15. The summed E-state index contributed by atoms with van der Waals surface area (Å²) in [4.78, 5) is 24.4. The summed E-state index contributed by atoms with van der Waals surface area (Å²) in [5.41, 5.74) is 3.28. The van der Waals surface area contributed by atoms with Gasteiger partial charge in [-0.3, -0.25) is 9.59 Å². The van der Waals surface area contributed by atoms with Gasteiger partial charge >= 0.3 is 0 Å². The molecule has 1 aromatic rings. The molecular formula is C14H18N2O2. The van der Waals surface area contributed by atoms with Gasteiger partial charge in [0.15, 0.2) is 0 Å². The molecule has 0 saturated carbocycles. The molecule has 1 N–H and O–H groups in total. The first kappa shape index (κ1) is 12.6. The number of carbonyl (C=O) groups is 2. The van der Waals surface area contributed by atoms with Crippen molar-refractivity contribution in [1.82, 2.24) is 5.32 Å². The molecule has 0 spiro atoms. The first-order valence-electron chi connectivity index (χ1n) is 6.28. The average Bonchev–Trinajstić information content (AvgIpc) is 2.78. The zero-order valence-electron chi connectivity index (χ0n) is 10.8. The summed E-state index contributed by atoms with van der Waals surface area (Å²) >= 11 is 0. The zero-order valence-corrected chi connectivity index (χ0v) is 10.8. The smallest absolute Gasteiger partial charge is 0.223 e. The summed E-state index contributed by atoms with van der Waals surface area (Å²) in [6, 6.07) is 6.02. The molecule has 1 aliphatic heterocycles. The van der Waals surface area contributed by atoms with Crippen LogP contribution in [0.5, 0.6) is 0 Å². The highest BCUT2D eigenvalue weighted by Crippen LogP contribution is 2.28. The lowest BCUT2D eigenvalue weighted by Crippen LogP contribution is -2.25. The summed E-state index contributed by atoms with van der Waals surface area (Å²) in [5, 5.41) is 2.85. The summed E-state index contributed by atoms with van der Waals surface area (Å²) in [6.45, 7) is 4.74. The molecule has 0 atom stereocenters. The van der Waals surface area contributed by atoms with Crippen molar-refractivity contribution < 1.29 is 9.59 Å². The fraction of sp³-hybridized carbons (Fsp3) is 0.429. The minimum atomic E-state index is 0.0564. The number of fused-ring (bicyclic) bond motifs is 1. The van der Waals surface area contributed by atoms with E-state index < -0.39 is 0 Å². The molecular weight excluding hydrogens is 228 g/mol. The van der Waals surface area contributed by atoms with Crippen molar-refractivity contribution >= 4 is 17.5 Å². The second-order valence-electron chi connectivity index (χ2n) is 4.51. The van der Waals surface area contributed by atoms with E-state index in [1.54, 1.807) is 11.8 Å². The maximum atomic E-state index is 11.4. The van der Waals surface area contributed by atoms with Gasteiger partial charge < -0.3 is 10.2 Å². The zero-order chi connectivity index (χ0) is 13.1. The Morgan fingerprint density at radius 3 is 2.83 bits per heavy atom. The van der Waals surface area contributed by atoms with Gasteiger partial charge in [-0.2, -0.15) is 0 Å². The number of nitrogens with one attached hydrogen (secondary N) is 1. The van der Waals surface area contributed by atoms with Gasteiger partial charge in [0.25, 0.3) is 0 Å². The third kappa shape index (κ3) is 2.53. The first-order chi connectivity index (χ1) is 8.61. The molecule has 18 heavy (non-hydrogen) atoms. The van der Waals surface area contributed by atoms with Gasteiger partial charge in [-0.1, -0.05) is 19.1 Å². The van der Waals surface area contributed by atoms with Crippen molar-refractivity contribution in [2.75, 3.05) is 11.4 Å². The third-order valence-electron chi connectivity index (χ3n) is 3.23. The fourth-order valence-corrected chi connectivity index (χ4v) is 2.22. The van der Waals surface area contributed by atoms with Crippen LogP contribution in [-0.4, -0.2) is 18.4 Å². The van der Waals surface area contributed by atoms with E-state index in [1.807, 2.05) is 19.1 Å². The standard InChI is InChI=1S/C14H18N2O2/c1-3-14(18)15-9-11-4-5-13-12(8-11)6-7-16(13)10(2)17/h4-5,8H,3,6-7,9H2,1-2H3,(H,15,18). The Morgan fingerprint density at radius 2 is 2.17 bits per heavy atom. The monoisotopic (exact) mass is 246 g/mol. The molecule has 4 nitrogen and oxygen atoms in total. The molecule has 0 unspecified atom stereocenters. The highest BCUT2D eigenvalue weighted by molar-refractivity contribution is 5.93. The Balaban J connectivity index is 2.10. The quantitative estimate of drug-likeness (QED) is 0.881. The van der Waals surface area contributed by atoms with Gasteiger partial charge in [-0.25, -0.2) is 0 Å². The van der Waals surface area contributed by atoms with Gasteiger partial charge in [0.2, 0.25) is 11.8 Å². The number of rotatable bonds is 3. The van der Waals surface area contributed by atoms with Gasteiger partial charge in [0, 0.05) is 32.1 Å². The minimum absolute atomic E-state index is 0.0564. The van der Waals surface area contributed by atoms with Gasteiger partial charge in [0.05, 0.1) is 0 Å². The average molecular weight is 246 g/mol. The summed E-state index contributed by atoms with van der Waals surface area (Å²) in [6.07, 6.45) is 1.40. The number of hydrogen-bond acceptors (Lipinski definition) is 2. The highest BCUT2D eigenvalue weighted by Gasteiger charge is 2.21. The van der Waals surface area contributed by atoms with Crippen LogP contribution in [0.3, 0.4) is 0 Å². The Morgan fingerprint density at radius 1 is 1.39 bits per heavy atom. The number of carbonyl (C=O) groups excluding carboxylic acids is 2. The van der Waals surface area contributed by atoms with Crippen LogP contribution < -0.4 is 10.2 Å². The van der Waals surface area contributed by atoms with E-state index in [2.05, 4.69) is 11.4 Å². The molecule has 0 aromatic heterocycles. The van der Waals surface area contributed by atoms with E-state index in [4.69, 9.17) is 0 Å². The van der Waals surface area contributed by atoms with Crippen molar-refractivity contribution in [1.29, 1.82) is 0 Å². The molecule has 2 rings (SSSR count). The number of benzene rings is 1. The normalized spacial score (nSPS) is 13.3. The van der Waals surface area contributed by atoms with Crippen molar-refractivity contribution in [3.63, 3.8) is 0 Å². The molecule has 4 heteroatoms. The van der Waals surface area contributed by atoms with E-state index in [9.17, 15) is 9.59 Å². The maximum absolute atomic E-state index is 11.4. The summed E-state index contributed by atoms with van der Waals surface area (Å²) in [7, 11) is 0. The number of anilines is 1. The van der Waals surface area contributed by atoms with E-state index in [-0.39, 0.29) is 11.8 Å². The molecule has 1 heterocycles. The molecule has 0 bridgehead atoms. The number of nitrogens with zero attached hydrogens (tertiary/aromatic N) is 1. The van der Waals surface area contributed by atoms with Gasteiger partial charge in [-0.15, -0.1) is 0 Å². The Bertz CT molecular complexity index is 483. The maximum Gasteiger partial charge on any atom is 0.223 e. The van der Waals surface area contributed by atoms with Gasteiger partial charge in [-0.05, 0) is 23.6 Å². The molecule has 0 aliphatic carbocycles. The third-order valence-corrected chi connectivity index (χ3v) is 3.23. The lowest BCUT2D eigenvalue weighted by molar-refractivity contribution is -0.121. The van der Waals surface area contributed by atoms with Crippen molar-refractivity contribution in [2.45, 2.75) is 33.2 Å². The van der Waals surface area contributed by atoms with Crippen LogP contribution in [0.25, 0.3) is 0 Å². The molecule has 0 fully saturated rings. The van der Waals surface area contributed by atoms with Crippen LogP contribution in [-0.2, 0) is 22.6 Å². The lowest BCUT2D eigenvalue weighted by atomic mass is 10.1. The second-order valence-corrected chi connectivity index (χ2v) is 4.51. The second kappa shape index (κ2) is 5.21. The van der Waals surface area contributed by atoms with E-state index in [0.29, 0.717) is 13.0 Å². The van der Waals surface area contributed by atoms with Crippen molar-refractivity contribution in [2.24, 2.45) is 0 Å². The van der Waals surface area contributed by atoms with Crippen LogP contribution in [0.2, 0.25) is 0 Å². The predicted molar refractivity (Wildman–Crippen MR) is 70.3 cm³/mol. The largest absolute Gasteiger partial charge is 0.352 e. The Labute approximate surface area is 107 Å². The molecule has 0 saturated heterocycles. The number of amides is 2. The topological polar surface area (TPSA) is 49.4 Å². The van der Waals surface area contributed by atoms with Crippen LogP contribution in [0.1, 0.15) is 31.4 Å². The van der Waals surface area contributed by atoms with Crippen LogP contribution in [0.15, 0.2) is 18.2 Å². The Hall–Kier alpha value is -1.84. The van der Waals surface area contributed by atoms with Crippen molar-refractivity contribution in [3.8, 4) is 0 Å². The summed E-state index contributed by atoms with van der Waals surface area (Å²) < 4.78 is 0. The molecule has 0 radical (unpaired) electrons. The van der Waals surface area contributed by atoms with E-state index in [0.717, 1.165) is 24.2 Å². The van der Waals surface area contributed by atoms with E-state index in [1.165, 1.54) is 5.56 Å². The van der Waals surface area contributed by atoms with Crippen LogP contribution in [0, 0.1) is 0 Å². The number of hydrogen-bond donors (Lipinski definition) is 1. The molecule has 1 aromatic carbocycles. The van der Waals surface area contributed by atoms with Gasteiger partial charge in [0.1, 0.15) is 0 Å². The SMILES string of the molecule is CCC(=O)NCc1ccc2c(c1)CCN2C(C)=O. The van der Waals surface area contributed by atoms with E-state index >= 15 is 0 Å².